The van der Waals surface area contributed by atoms with Crippen LogP contribution in [-0.4, -0.2) is 14.4 Å². The SMILES string of the molecule is CC.Cc1nc(C2CCC2)n2ccnc(Cl)c12. The molecule has 0 atom stereocenters. The Balaban J connectivity index is 0.000000514. The van der Waals surface area contributed by atoms with Gasteiger partial charge < -0.3 is 0 Å². The van der Waals surface area contributed by atoms with E-state index in [1.165, 1.54) is 19.3 Å². The normalized spacial score (nSPS) is 15.3. The molecule has 2 aromatic rings. The minimum absolute atomic E-state index is 0.549. The lowest BCUT2D eigenvalue weighted by Crippen LogP contribution is -2.12. The van der Waals surface area contributed by atoms with Crippen LogP contribution < -0.4 is 0 Å². The molecule has 92 valence electrons. The van der Waals surface area contributed by atoms with Crippen molar-refractivity contribution < 1.29 is 0 Å². The van der Waals surface area contributed by atoms with Crippen LogP contribution >= 0.6 is 11.6 Å². The zero-order valence-corrected chi connectivity index (χ0v) is 11.3. The van der Waals surface area contributed by atoms with Crippen LogP contribution in [0.4, 0.5) is 0 Å². The van der Waals surface area contributed by atoms with Crippen LogP contribution in [0.25, 0.3) is 5.52 Å². The molecule has 1 aliphatic carbocycles. The van der Waals surface area contributed by atoms with E-state index >= 15 is 0 Å². The minimum Gasteiger partial charge on any atom is -0.299 e. The van der Waals surface area contributed by atoms with Crippen molar-refractivity contribution in [2.45, 2.75) is 46.0 Å². The van der Waals surface area contributed by atoms with Crippen molar-refractivity contribution in [3.8, 4) is 0 Å². The van der Waals surface area contributed by atoms with Gasteiger partial charge in [0.1, 0.15) is 11.3 Å². The maximum atomic E-state index is 6.07. The Hall–Kier alpha value is -1.09. The first-order chi connectivity index (χ1) is 8.27. The Bertz CT molecular complexity index is 515. The van der Waals surface area contributed by atoms with Gasteiger partial charge >= 0.3 is 0 Å². The van der Waals surface area contributed by atoms with Gasteiger partial charge in [-0.25, -0.2) is 9.97 Å². The Labute approximate surface area is 107 Å². The topological polar surface area (TPSA) is 30.2 Å². The molecular formula is C13H18ClN3. The maximum Gasteiger partial charge on any atom is 0.154 e. The quantitative estimate of drug-likeness (QED) is 0.767. The van der Waals surface area contributed by atoms with Crippen molar-refractivity contribution in [2.75, 3.05) is 0 Å². The molecule has 4 heteroatoms. The summed E-state index contributed by atoms with van der Waals surface area (Å²) in [6.45, 7) is 5.99. The van der Waals surface area contributed by atoms with Crippen molar-refractivity contribution in [1.29, 1.82) is 0 Å². The fraction of sp³-hybridized carbons (Fsp3) is 0.538. The summed E-state index contributed by atoms with van der Waals surface area (Å²) in [5.41, 5.74) is 1.94. The number of halogens is 1. The summed E-state index contributed by atoms with van der Waals surface area (Å²) in [5.74, 6) is 1.77. The summed E-state index contributed by atoms with van der Waals surface area (Å²) in [6.07, 6.45) is 7.50. The number of hydrogen-bond donors (Lipinski definition) is 0. The van der Waals surface area contributed by atoms with Crippen LogP contribution in [0.3, 0.4) is 0 Å². The molecule has 0 radical (unpaired) electrons. The largest absolute Gasteiger partial charge is 0.299 e. The molecule has 0 N–H and O–H groups in total. The van der Waals surface area contributed by atoms with Gasteiger partial charge in [-0.3, -0.25) is 4.40 Å². The predicted molar refractivity (Wildman–Crippen MR) is 70.7 cm³/mol. The summed E-state index contributed by atoms with van der Waals surface area (Å²) in [7, 11) is 0. The van der Waals surface area contributed by atoms with Crippen molar-refractivity contribution in [3.63, 3.8) is 0 Å². The summed E-state index contributed by atoms with van der Waals surface area (Å²) < 4.78 is 2.09. The Morgan fingerprint density at radius 2 is 2.06 bits per heavy atom. The lowest BCUT2D eigenvalue weighted by molar-refractivity contribution is 0.400. The lowest BCUT2D eigenvalue weighted by atomic mass is 9.85. The third kappa shape index (κ3) is 2.04. The van der Waals surface area contributed by atoms with Gasteiger partial charge in [-0.1, -0.05) is 31.9 Å². The molecule has 0 unspecified atom stereocenters. The molecular weight excluding hydrogens is 234 g/mol. The molecule has 3 nitrogen and oxygen atoms in total. The van der Waals surface area contributed by atoms with Crippen molar-refractivity contribution in [1.82, 2.24) is 14.4 Å². The number of rotatable bonds is 1. The fourth-order valence-electron chi connectivity index (χ4n) is 2.15. The number of aryl methyl sites for hydroxylation is 1. The van der Waals surface area contributed by atoms with Gasteiger partial charge in [0, 0.05) is 18.3 Å². The van der Waals surface area contributed by atoms with E-state index in [2.05, 4.69) is 14.4 Å². The first-order valence-electron chi connectivity index (χ1n) is 6.26. The van der Waals surface area contributed by atoms with E-state index in [0.29, 0.717) is 11.1 Å². The zero-order valence-electron chi connectivity index (χ0n) is 10.6. The number of hydrogen-bond acceptors (Lipinski definition) is 2. The van der Waals surface area contributed by atoms with Crippen LogP contribution in [0.2, 0.25) is 5.15 Å². The highest BCUT2D eigenvalue weighted by atomic mass is 35.5. The number of fused-ring (bicyclic) bond motifs is 1. The van der Waals surface area contributed by atoms with Gasteiger partial charge in [-0.15, -0.1) is 0 Å². The summed E-state index contributed by atoms with van der Waals surface area (Å²) >= 11 is 6.07. The van der Waals surface area contributed by atoms with E-state index in [9.17, 15) is 0 Å². The first-order valence-corrected chi connectivity index (χ1v) is 6.64. The Morgan fingerprint density at radius 3 is 2.65 bits per heavy atom. The highest BCUT2D eigenvalue weighted by molar-refractivity contribution is 6.32. The second-order valence-electron chi connectivity index (χ2n) is 4.12. The molecule has 17 heavy (non-hydrogen) atoms. The smallest absolute Gasteiger partial charge is 0.154 e. The molecule has 1 fully saturated rings. The van der Waals surface area contributed by atoms with Crippen molar-refractivity contribution in [3.05, 3.63) is 29.1 Å². The van der Waals surface area contributed by atoms with Gasteiger partial charge in [-0.2, -0.15) is 0 Å². The van der Waals surface area contributed by atoms with E-state index in [0.717, 1.165) is 17.0 Å². The molecule has 0 saturated heterocycles. The molecule has 0 aromatic carbocycles. The second kappa shape index (κ2) is 5.05. The van der Waals surface area contributed by atoms with Gasteiger partial charge in [0.2, 0.25) is 0 Å². The molecule has 1 aliphatic rings. The Kier molecular flexibility index (Phi) is 3.67. The fourth-order valence-corrected chi connectivity index (χ4v) is 2.43. The lowest BCUT2D eigenvalue weighted by Gasteiger charge is -2.23. The monoisotopic (exact) mass is 251 g/mol. The van der Waals surface area contributed by atoms with Crippen LogP contribution in [0.5, 0.6) is 0 Å². The van der Waals surface area contributed by atoms with Crippen LogP contribution in [-0.2, 0) is 0 Å². The molecule has 0 aliphatic heterocycles. The third-order valence-electron chi connectivity index (χ3n) is 3.18. The first kappa shape index (κ1) is 12.4. The highest BCUT2D eigenvalue weighted by Crippen LogP contribution is 2.36. The summed E-state index contributed by atoms with van der Waals surface area (Å²) in [4.78, 5) is 8.70. The molecule has 1 saturated carbocycles. The number of imidazole rings is 1. The van der Waals surface area contributed by atoms with E-state index in [1.54, 1.807) is 6.20 Å². The van der Waals surface area contributed by atoms with Gasteiger partial charge in [-0.05, 0) is 19.8 Å². The molecule has 3 rings (SSSR count). The number of aromatic nitrogens is 3. The third-order valence-corrected chi connectivity index (χ3v) is 3.46. The average molecular weight is 252 g/mol. The van der Waals surface area contributed by atoms with Gasteiger partial charge in [0.25, 0.3) is 0 Å². The van der Waals surface area contributed by atoms with E-state index in [4.69, 9.17) is 11.6 Å². The molecule has 0 amide bonds. The second-order valence-corrected chi connectivity index (χ2v) is 4.48. The minimum atomic E-state index is 0.549. The molecule has 2 heterocycles. The average Bonchev–Trinajstić information content (AvgIpc) is 2.58. The summed E-state index contributed by atoms with van der Waals surface area (Å²) in [6, 6.07) is 0. The van der Waals surface area contributed by atoms with E-state index in [-0.39, 0.29) is 0 Å². The Morgan fingerprint density at radius 1 is 1.35 bits per heavy atom. The standard InChI is InChI=1S/C11H12ClN3.C2H6/c1-7-9-10(12)13-5-6-15(9)11(14-7)8-3-2-4-8;1-2/h5-6,8H,2-4H2,1H3;1-2H3. The number of nitrogens with zero attached hydrogens (tertiary/aromatic N) is 3. The van der Waals surface area contributed by atoms with Crippen LogP contribution in [0, 0.1) is 6.92 Å². The molecule has 2 aromatic heterocycles. The zero-order chi connectivity index (χ0) is 12.4. The highest BCUT2D eigenvalue weighted by Gasteiger charge is 2.25. The van der Waals surface area contributed by atoms with Crippen LogP contribution in [0.15, 0.2) is 12.4 Å². The molecule has 0 bridgehead atoms. The van der Waals surface area contributed by atoms with E-state index in [1.807, 2.05) is 27.0 Å². The van der Waals surface area contributed by atoms with Crippen molar-refractivity contribution in [2.24, 2.45) is 0 Å². The maximum absolute atomic E-state index is 6.07. The van der Waals surface area contributed by atoms with Gasteiger partial charge in [0.15, 0.2) is 5.15 Å². The van der Waals surface area contributed by atoms with Gasteiger partial charge in [0.05, 0.1) is 5.69 Å². The summed E-state index contributed by atoms with van der Waals surface area (Å²) in [5, 5.41) is 0.549. The predicted octanol–water partition coefficient (Wildman–Crippen LogP) is 3.98. The van der Waals surface area contributed by atoms with Crippen LogP contribution in [0.1, 0.15) is 50.5 Å². The van der Waals surface area contributed by atoms with Crippen molar-refractivity contribution >= 4 is 17.1 Å². The molecule has 0 spiro atoms. The van der Waals surface area contributed by atoms with E-state index < -0.39 is 0 Å².